The molecule has 0 spiro atoms. The zero-order chi connectivity index (χ0) is 25.4. The van der Waals surface area contributed by atoms with Crippen molar-refractivity contribution in [2.24, 2.45) is 0 Å². The molecule has 2 rings (SSSR count). The van der Waals surface area contributed by atoms with Crippen LogP contribution in [0.4, 0.5) is 0 Å². The quantitative estimate of drug-likeness (QED) is 0.238. The Labute approximate surface area is 193 Å². The van der Waals surface area contributed by atoms with Gasteiger partial charge in [0.1, 0.15) is 23.6 Å². The minimum Gasteiger partial charge on any atom is -0.508 e. The summed E-state index contributed by atoms with van der Waals surface area (Å²) in [6, 6.07) is 7.68. The van der Waals surface area contributed by atoms with E-state index in [4.69, 9.17) is 0 Å². The van der Waals surface area contributed by atoms with Gasteiger partial charge >= 0.3 is 23.9 Å². The zero-order valence-electron chi connectivity index (χ0n) is 17.8. The second-order valence-electron chi connectivity index (χ2n) is 7.33. The van der Waals surface area contributed by atoms with Gasteiger partial charge < -0.3 is 30.6 Å². The van der Waals surface area contributed by atoms with Gasteiger partial charge in [0, 0.05) is 24.2 Å². The van der Waals surface area contributed by atoms with Gasteiger partial charge in [-0.1, -0.05) is 36.4 Å². The van der Waals surface area contributed by atoms with Crippen molar-refractivity contribution in [3.63, 3.8) is 0 Å². The van der Waals surface area contributed by atoms with E-state index in [1.54, 1.807) is 0 Å². The molecular weight excluding hydrogens is 452 g/mol. The second kappa shape index (κ2) is 11.6. The number of hydrogen-bond donors (Lipinski definition) is 6. The van der Waals surface area contributed by atoms with E-state index in [9.17, 15) is 49.8 Å². The smallest absolute Gasteiger partial charge is 0.325 e. The third-order valence-electron chi connectivity index (χ3n) is 5.01. The number of rotatable bonds is 13. The highest BCUT2D eigenvalue weighted by Crippen LogP contribution is 2.31. The van der Waals surface area contributed by atoms with E-state index in [0.29, 0.717) is 0 Å². The average Bonchev–Trinajstić information content (AvgIpc) is 2.73. The third kappa shape index (κ3) is 6.67. The van der Waals surface area contributed by atoms with Crippen LogP contribution in [0, 0.1) is 0 Å². The van der Waals surface area contributed by atoms with E-state index in [1.165, 1.54) is 48.5 Å². The largest absolute Gasteiger partial charge is 0.508 e. The van der Waals surface area contributed by atoms with Crippen molar-refractivity contribution in [1.82, 2.24) is 9.80 Å². The number of phenolic OH excluding ortho intramolecular Hbond substituents is 2. The molecule has 6 N–H and O–H groups in total. The van der Waals surface area contributed by atoms with Gasteiger partial charge in [0.25, 0.3) is 0 Å². The van der Waals surface area contributed by atoms with Crippen molar-refractivity contribution < 1.29 is 49.8 Å². The predicted octanol–water partition coefficient (Wildman–Crippen LogP) is 0.823. The molecule has 0 amide bonds. The maximum absolute atomic E-state index is 12.0. The fourth-order valence-corrected chi connectivity index (χ4v) is 3.61. The van der Waals surface area contributed by atoms with E-state index in [0.717, 1.165) is 9.80 Å². The maximum Gasteiger partial charge on any atom is 0.325 e. The van der Waals surface area contributed by atoms with Gasteiger partial charge in [-0.2, -0.15) is 0 Å². The Morgan fingerprint density at radius 2 is 0.941 bits per heavy atom. The summed E-state index contributed by atoms with van der Waals surface area (Å²) in [5, 5.41) is 58.4. The first kappa shape index (κ1) is 26.1. The number of benzene rings is 2. The third-order valence-corrected chi connectivity index (χ3v) is 5.01. The first-order valence-electron chi connectivity index (χ1n) is 9.96. The van der Waals surface area contributed by atoms with Gasteiger partial charge in [0.05, 0.1) is 13.1 Å². The van der Waals surface area contributed by atoms with E-state index in [1.807, 2.05) is 0 Å². The number of carbonyl (C=O) groups is 4. The molecule has 2 atom stereocenters. The molecule has 0 heterocycles. The molecule has 12 nitrogen and oxygen atoms in total. The minimum absolute atomic E-state index is 0.0866. The topological polar surface area (TPSA) is 196 Å². The van der Waals surface area contributed by atoms with Crippen LogP contribution in [0.15, 0.2) is 48.5 Å². The molecule has 0 saturated heterocycles. The number of para-hydroxylation sites is 2. The van der Waals surface area contributed by atoms with Gasteiger partial charge in [0.15, 0.2) is 0 Å². The molecule has 0 aliphatic rings. The highest BCUT2D eigenvalue weighted by Gasteiger charge is 2.34. The van der Waals surface area contributed by atoms with Gasteiger partial charge in [-0.05, 0) is 12.1 Å². The van der Waals surface area contributed by atoms with Crippen LogP contribution in [0.25, 0.3) is 0 Å². The first-order valence-corrected chi connectivity index (χ1v) is 9.96. The summed E-state index contributed by atoms with van der Waals surface area (Å²) < 4.78 is 0. The number of aromatic hydroxyl groups is 2. The molecule has 2 aromatic carbocycles. The number of phenols is 2. The number of nitrogens with zero attached hydrogens (tertiary/aromatic N) is 2. The molecule has 0 radical (unpaired) electrons. The summed E-state index contributed by atoms with van der Waals surface area (Å²) in [5.74, 6) is -6.48. The highest BCUT2D eigenvalue weighted by atomic mass is 16.4. The fraction of sp³-hybridized carbons (Fsp3) is 0.273. The van der Waals surface area contributed by atoms with Gasteiger partial charge in [0.2, 0.25) is 0 Å². The fourth-order valence-electron chi connectivity index (χ4n) is 3.61. The molecule has 12 heteroatoms. The van der Waals surface area contributed by atoms with Crippen molar-refractivity contribution in [3.8, 4) is 11.5 Å². The lowest BCUT2D eigenvalue weighted by Gasteiger charge is -2.33. The van der Waals surface area contributed by atoms with Crippen molar-refractivity contribution in [2.75, 3.05) is 26.2 Å². The van der Waals surface area contributed by atoms with Gasteiger partial charge in [-0.3, -0.25) is 29.0 Å². The van der Waals surface area contributed by atoms with E-state index >= 15 is 0 Å². The SMILES string of the molecule is O=C(O)CN(CCN(CC(=O)O)C(C(=O)O)c1ccccc1O)C(C(=O)O)c1ccccc1O. The summed E-state index contributed by atoms with van der Waals surface area (Å²) in [6.45, 7) is -2.36. The number of carboxylic acids is 4. The van der Waals surface area contributed by atoms with Crippen molar-refractivity contribution in [2.45, 2.75) is 12.1 Å². The summed E-state index contributed by atoms with van der Waals surface area (Å²) in [6.07, 6.45) is 0. The van der Waals surface area contributed by atoms with Crippen molar-refractivity contribution >= 4 is 23.9 Å². The standard InChI is InChI=1S/C22H24N2O10/c25-15-7-3-1-5-13(15)19(21(31)32)23(11-17(27)28)9-10-24(12-18(29)30)20(22(33)34)14-6-2-4-8-16(14)26/h1-8,19-20,25-26H,9-12H2,(H,27,28)(H,29,30)(H,31,32)(H,33,34). The molecule has 0 bridgehead atoms. The average molecular weight is 476 g/mol. The van der Waals surface area contributed by atoms with E-state index in [2.05, 4.69) is 0 Å². The molecule has 0 aliphatic heterocycles. The Bertz CT molecular complexity index is 974. The predicted molar refractivity (Wildman–Crippen MR) is 115 cm³/mol. The van der Waals surface area contributed by atoms with Gasteiger partial charge in [-0.25, -0.2) is 0 Å². The van der Waals surface area contributed by atoms with E-state index in [-0.39, 0.29) is 35.7 Å². The first-order chi connectivity index (χ1) is 16.0. The number of hydrogen-bond acceptors (Lipinski definition) is 8. The lowest BCUT2D eigenvalue weighted by Crippen LogP contribution is -2.46. The van der Waals surface area contributed by atoms with Crippen molar-refractivity contribution in [1.29, 1.82) is 0 Å². The minimum atomic E-state index is -1.61. The van der Waals surface area contributed by atoms with Gasteiger partial charge in [-0.15, -0.1) is 0 Å². The van der Waals surface area contributed by atoms with E-state index < -0.39 is 49.1 Å². The van der Waals surface area contributed by atoms with Crippen molar-refractivity contribution in [3.05, 3.63) is 59.7 Å². The van der Waals surface area contributed by atoms with Crippen LogP contribution in [0.2, 0.25) is 0 Å². The molecule has 2 aromatic rings. The lowest BCUT2D eigenvalue weighted by atomic mass is 10.0. The second-order valence-corrected chi connectivity index (χ2v) is 7.33. The Kier molecular flexibility index (Phi) is 8.93. The molecule has 0 aromatic heterocycles. The Hall–Kier alpha value is -4.16. The zero-order valence-corrected chi connectivity index (χ0v) is 17.8. The summed E-state index contributed by atoms with van der Waals surface area (Å²) in [5.41, 5.74) is -0.173. The Balaban J connectivity index is 2.43. The van der Waals surface area contributed by atoms with Crippen LogP contribution in [-0.2, 0) is 19.2 Å². The van der Waals surface area contributed by atoms with Crippen LogP contribution in [0.3, 0.4) is 0 Å². The van der Waals surface area contributed by atoms with Crippen LogP contribution < -0.4 is 0 Å². The Morgan fingerprint density at radius 1 is 0.618 bits per heavy atom. The lowest BCUT2D eigenvalue weighted by molar-refractivity contribution is -0.150. The summed E-state index contributed by atoms with van der Waals surface area (Å²) in [7, 11) is 0. The maximum atomic E-state index is 12.0. The Morgan fingerprint density at radius 3 is 1.21 bits per heavy atom. The molecule has 0 fully saturated rings. The molecule has 34 heavy (non-hydrogen) atoms. The van der Waals surface area contributed by atoms with Crippen LogP contribution in [-0.4, -0.2) is 90.5 Å². The normalized spacial score (nSPS) is 12.9. The molecular formula is C22H24N2O10. The molecule has 2 unspecified atom stereocenters. The molecule has 0 aliphatic carbocycles. The van der Waals surface area contributed by atoms with Crippen LogP contribution in [0.5, 0.6) is 11.5 Å². The van der Waals surface area contributed by atoms with Crippen LogP contribution in [0.1, 0.15) is 23.2 Å². The highest BCUT2D eigenvalue weighted by molar-refractivity contribution is 5.79. The summed E-state index contributed by atoms with van der Waals surface area (Å²) >= 11 is 0. The number of carboxylic acid groups (broad SMARTS) is 4. The van der Waals surface area contributed by atoms with Crippen LogP contribution >= 0.6 is 0 Å². The summed E-state index contributed by atoms with van der Waals surface area (Å²) in [4.78, 5) is 48.9. The number of aliphatic carboxylic acids is 4. The molecule has 0 saturated carbocycles. The monoisotopic (exact) mass is 476 g/mol. The molecule has 182 valence electrons.